The first kappa shape index (κ1) is 20.0. The highest BCUT2D eigenvalue weighted by Crippen LogP contribution is 2.39. The van der Waals surface area contributed by atoms with Crippen LogP contribution in [0.25, 0.3) is 11.4 Å². The van der Waals surface area contributed by atoms with Crippen LogP contribution in [0.3, 0.4) is 0 Å². The molecule has 0 atom stereocenters. The van der Waals surface area contributed by atoms with Gasteiger partial charge in [-0.1, -0.05) is 24.3 Å². The molecule has 0 spiro atoms. The topological polar surface area (TPSA) is 112 Å². The molecule has 0 aliphatic heterocycles. The van der Waals surface area contributed by atoms with Gasteiger partial charge in [0.15, 0.2) is 5.82 Å². The lowest BCUT2D eigenvalue weighted by atomic mass is 10.1. The maximum atomic E-state index is 13.0. The zero-order chi connectivity index (χ0) is 21.5. The molecule has 0 unspecified atom stereocenters. The molecule has 13 heteroatoms. The minimum Gasteiger partial charge on any atom is -0.360 e. The van der Waals surface area contributed by atoms with Gasteiger partial charge in [-0.05, 0) is 30.0 Å². The second-order valence-corrected chi connectivity index (χ2v) is 6.95. The Morgan fingerprint density at radius 1 is 1.23 bits per heavy atom. The molecule has 0 amide bonds. The molecular formula is C17H13ClF3N7O2. The van der Waals surface area contributed by atoms with Crippen LogP contribution in [0, 0.1) is 10.1 Å². The Labute approximate surface area is 172 Å². The van der Waals surface area contributed by atoms with Gasteiger partial charge in [-0.15, -0.1) is 5.10 Å². The summed E-state index contributed by atoms with van der Waals surface area (Å²) in [6, 6.07) is 6.53. The molecule has 3 aromatic rings. The number of halogens is 4. The van der Waals surface area contributed by atoms with Crippen LogP contribution < -0.4 is 5.32 Å². The Kier molecular flexibility index (Phi) is 5.02. The van der Waals surface area contributed by atoms with Gasteiger partial charge in [-0.25, -0.2) is 14.6 Å². The Bertz CT molecular complexity index is 1100. The van der Waals surface area contributed by atoms with Crippen LogP contribution in [0.1, 0.15) is 30.3 Å². The zero-order valence-corrected chi connectivity index (χ0v) is 15.9. The SMILES string of the molecule is O=[N+]([O-])c1cnc(Cl)nc1NCc1ccc(-c2nc(C(F)(F)F)nn2C2CC2)cc1. The summed E-state index contributed by atoms with van der Waals surface area (Å²) in [5.41, 5.74) is 0.884. The summed E-state index contributed by atoms with van der Waals surface area (Å²) in [6.07, 6.45) is -2.10. The molecule has 1 aliphatic rings. The van der Waals surface area contributed by atoms with Crippen molar-refractivity contribution in [3.63, 3.8) is 0 Å². The first-order valence-electron chi connectivity index (χ1n) is 8.76. The van der Waals surface area contributed by atoms with E-state index in [1.807, 2.05) is 0 Å². The molecule has 1 aliphatic carbocycles. The third-order valence-electron chi connectivity index (χ3n) is 4.39. The normalized spacial score (nSPS) is 14.0. The maximum absolute atomic E-state index is 13.0. The number of benzene rings is 1. The molecule has 0 radical (unpaired) electrons. The largest absolute Gasteiger partial charge is 0.453 e. The van der Waals surface area contributed by atoms with Crippen molar-refractivity contribution in [2.45, 2.75) is 31.6 Å². The zero-order valence-electron chi connectivity index (χ0n) is 15.1. The summed E-state index contributed by atoms with van der Waals surface area (Å²) in [5, 5.41) is 17.4. The summed E-state index contributed by atoms with van der Waals surface area (Å²) < 4.78 is 40.4. The van der Waals surface area contributed by atoms with Crippen molar-refractivity contribution >= 4 is 23.1 Å². The average Bonchev–Trinajstić information content (AvgIpc) is 3.43. The highest BCUT2D eigenvalue weighted by Gasteiger charge is 2.39. The van der Waals surface area contributed by atoms with E-state index in [4.69, 9.17) is 11.6 Å². The Balaban J connectivity index is 1.54. The van der Waals surface area contributed by atoms with E-state index in [1.165, 1.54) is 4.68 Å². The van der Waals surface area contributed by atoms with Crippen molar-refractivity contribution < 1.29 is 18.1 Å². The Morgan fingerprint density at radius 3 is 2.53 bits per heavy atom. The van der Waals surface area contributed by atoms with Gasteiger partial charge in [0.05, 0.1) is 11.0 Å². The fourth-order valence-corrected chi connectivity index (χ4v) is 2.92. The van der Waals surface area contributed by atoms with Gasteiger partial charge < -0.3 is 5.32 Å². The number of nitrogens with one attached hydrogen (secondary N) is 1. The fourth-order valence-electron chi connectivity index (χ4n) is 2.79. The Hall–Kier alpha value is -3.28. The first-order valence-corrected chi connectivity index (χ1v) is 9.14. The van der Waals surface area contributed by atoms with Gasteiger partial charge in [0.25, 0.3) is 5.82 Å². The van der Waals surface area contributed by atoms with E-state index >= 15 is 0 Å². The van der Waals surface area contributed by atoms with Crippen molar-refractivity contribution in [3.05, 3.63) is 57.2 Å². The molecule has 1 aromatic carbocycles. The van der Waals surface area contributed by atoms with E-state index in [1.54, 1.807) is 24.3 Å². The summed E-state index contributed by atoms with van der Waals surface area (Å²) >= 11 is 5.69. The molecule has 30 heavy (non-hydrogen) atoms. The molecular weight excluding hydrogens is 427 g/mol. The van der Waals surface area contributed by atoms with Crippen LogP contribution in [-0.2, 0) is 12.7 Å². The summed E-state index contributed by atoms with van der Waals surface area (Å²) in [6.45, 7) is 0.178. The quantitative estimate of drug-likeness (QED) is 0.347. The van der Waals surface area contributed by atoms with E-state index in [2.05, 4.69) is 25.4 Å². The first-order chi connectivity index (χ1) is 14.2. The van der Waals surface area contributed by atoms with Gasteiger partial charge in [-0.3, -0.25) is 10.1 Å². The van der Waals surface area contributed by atoms with Crippen molar-refractivity contribution in [1.29, 1.82) is 0 Å². The summed E-state index contributed by atoms with van der Waals surface area (Å²) in [7, 11) is 0. The standard InChI is InChI=1S/C17H13ClF3N7O2/c18-16-23-8-12(28(29)30)13(24-16)22-7-9-1-3-10(4-2-9)14-25-15(17(19,20)21)26-27(14)11-5-6-11/h1-4,8,11H,5-7H2,(H,22,23,24). The smallest absolute Gasteiger partial charge is 0.360 e. The number of alkyl halides is 3. The number of aromatic nitrogens is 5. The summed E-state index contributed by atoms with van der Waals surface area (Å²) in [4.78, 5) is 21.5. The van der Waals surface area contributed by atoms with Crippen LogP contribution in [0.15, 0.2) is 30.5 Å². The Morgan fingerprint density at radius 2 is 1.93 bits per heavy atom. The highest BCUT2D eigenvalue weighted by molar-refractivity contribution is 6.28. The lowest BCUT2D eigenvalue weighted by Gasteiger charge is -2.08. The molecule has 0 saturated heterocycles. The summed E-state index contributed by atoms with van der Waals surface area (Å²) in [5.74, 6) is -1.04. The second kappa shape index (κ2) is 7.52. The fraction of sp³-hybridized carbons (Fsp3) is 0.294. The second-order valence-electron chi connectivity index (χ2n) is 6.61. The molecule has 1 saturated carbocycles. The molecule has 0 bridgehead atoms. The van der Waals surface area contributed by atoms with Gasteiger partial charge in [0.1, 0.15) is 6.20 Å². The maximum Gasteiger partial charge on any atom is 0.453 e. The molecule has 1 N–H and O–H groups in total. The molecule has 9 nitrogen and oxygen atoms in total. The average molecular weight is 440 g/mol. The van der Waals surface area contributed by atoms with Crippen molar-refractivity contribution in [2.75, 3.05) is 5.32 Å². The van der Waals surface area contributed by atoms with Gasteiger partial charge >= 0.3 is 11.9 Å². The number of hydrogen-bond acceptors (Lipinski definition) is 7. The predicted molar refractivity (Wildman–Crippen MR) is 99.8 cm³/mol. The van der Waals surface area contributed by atoms with Gasteiger partial charge in [0, 0.05) is 12.1 Å². The van der Waals surface area contributed by atoms with Crippen LogP contribution >= 0.6 is 11.6 Å². The van der Waals surface area contributed by atoms with E-state index in [0.717, 1.165) is 24.6 Å². The van der Waals surface area contributed by atoms with E-state index in [9.17, 15) is 23.3 Å². The molecule has 1 fully saturated rings. The highest BCUT2D eigenvalue weighted by atomic mass is 35.5. The van der Waals surface area contributed by atoms with Gasteiger partial charge in [0.2, 0.25) is 11.1 Å². The number of hydrogen-bond donors (Lipinski definition) is 1. The van der Waals surface area contributed by atoms with E-state index < -0.39 is 16.9 Å². The van der Waals surface area contributed by atoms with E-state index in [-0.39, 0.29) is 35.2 Å². The lowest BCUT2D eigenvalue weighted by Crippen LogP contribution is -2.08. The number of nitro groups is 1. The number of rotatable bonds is 6. The van der Waals surface area contributed by atoms with Crippen LogP contribution in [0.2, 0.25) is 5.28 Å². The van der Waals surface area contributed by atoms with Crippen molar-refractivity contribution in [2.24, 2.45) is 0 Å². The van der Waals surface area contributed by atoms with Gasteiger partial charge in [-0.2, -0.15) is 18.2 Å². The van der Waals surface area contributed by atoms with Crippen molar-refractivity contribution in [3.8, 4) is 11.4 Å². The molecule has 156 valence electrons. The van der Waals surface area contributed by atoms with E-state index in [0.29, 0.717) is 5.56 Å². The van der Waals surface area contributed by atoms with Crippen LogP contribution in [0.5, 0.6) is 0 Å². The molecule has 2 aromatic heterocycles. The molecule has 2 heterocycles. The number of nitrogens with zero attached hydrogens (tertiary/aromatic N) is 6. The lowest BCUT2D eigenvalue weighted by molar-refractivity contribution is -0.384. The van der Waals surface area contributed by atoms with Crippen molar-refractivity contribution in [1.82, 2.24) is 24.7 Å². The minimum absolute atomic E-state index is 0.0348. The van der Waals surface area contributed by atoms with Crippen LogP contribution in [-0.4, -0.2) is 29.7 Å². The monoisotopic (exact) mass is 439 g/mol. The predicted octanol–water partition coefficient (Wildman–Crippen LogP) is 4.26. The van der Waals surface area contributed by atoms with Crippen LogP contribution in [0.4, 0.5) is 24.7 Å². The minimum atomic E-state index is -4.62. The molecule has 4 rings (SSSR count). The third kappa shape index (κ3) is 4.17. The third-order valence-corrected chi connectivity index (χ3v) is 4.57. The number of anilines is 1.